The van der Waals surface area contributed by atoms with Crippen molar-refractivity contribution in [3.63, 3.8) is 0 Å². The topological polar surface area (TPSA) is 53.3 Å². The first-order valence-electron chi connectivity index (χ1n) is 5.41. The van der Waals surface area contributed by atoms with Gasteiger partial charge in [-0.1, -0.05) is 12.2 Å². The summed E-state index contributed by atoms with van der Waals surface area (Å²) in [4.78, 5) is 13.8. The van der Waals surface area contributed by atoms with E-state index in [0.717, 1.165) is 5.57 Å². The Morgan fingerprint density at radius 1 is 1.56 bits per heavy atom. The summed E-state index contributed by atoms with van der Waals surface area (Å²) in [5, 5.41) is 9.22. The summed E-state index contributed by atoms with van der Waals surface area (Å²) in [5.41, 5.74) is 0.0265. The van der Waals surface area contributed by atoms with Crippen LogP contribution in [0.15, 0.2) is 12.2 Å². The van der Waals surface area contributed by atoms with Gasteiger partial charge >= 0.3 is 0 Å². The summed E-state index contributed by atoms with van der Waals surface area (Å²) >= 11 is 0. The molecule has 1 saturated heterocycles. The van der Waals surface area contributed by atoms with E-state index in [1.54, 1.807) is 11.9 Å². The molecule has 4 heteroatoms. The number of carbonyl (C=O) groups is 1. The molecule has 4 nitrogen and oxygen atoms in total. The number of likely N-dealkylation sites (N-methyl/N-ethyl adjacent to an activating group) is 1. The van der Waals surface area contributed by atoms with Gasteiger partial charge < -0.3 is 9.64 Å². The van der Waals surface area contributed by atoms with Gasteiger partial charge in [-0.2, -0.15) is 5.26 Å². The highest BCUT2D eigenvalue weighted by atomic mass is 16.5. The molecule has 0 aromatic heterocycles. The van der Waals surface area contributed by atoms with Crippen LogP contribution in [-0.2, 0) is 9.53 Å². The van der Waals surface area contributed by atoms with Gasteiger partial charge in [0, 0.05) is 26.8 Å². The molecule has 0 spiro atoms. The van der Waals surface area contributed by atoms with E-state index in [4.69, 9.17) is 4.74 Å². The molecule has 1 heterocycles. The minimum absolute atomic E-state index is 0.110. The van der Waals surface area contributed by atoms with Gasteiger partial charge in [0.15, 0.2) is 0 Å². The molecule has 1 rings (SSSR count). The van der Waals surface area contributed by atoms with Gasteiger partial charge in [-0.3, -0.25) is 4.79 Å². The zero-order valence-electron chi connectivity index (χ0n) is 9.95. The van der Waals surface area contributed by atoms with Crippen molar-refractivity contribution in [1.29, 1.82) is 5.26 Å². The number of nitrogens with zero attached hydrogens (tertiary/aromatic N) is 2. The minimum Gasteiger partial charge on any atom is -0.381 e. The van der Waals surface area contributed by atoms with Crippen LogP contribution in [0.25, 0.3) is 0 Å². The predicted molar refractivity (Wildman–Crippen MR) is 60.6 cm³/mol. The van der Waals surface area contributed by atoms with Crippen molar-refractivity contribution in [2.24, 2.45) is 5.41 Å². The van der Waals surface area contributed by atoms with Gasteiger partial charge in [0.1, 0.15) is 5.41 Å². The predicted octanol–water partition coefficient (Wildman–Crippen LogP) is 1.34. The Morgan fingerprint density at radius 3 is 2.56 bits per heavy atom. The lowest BCUT2D eigenvalue weighted by Crippen LogP contribution is -2.45. The molecule has 0 saturated carbocycles. The van der Waals surface area contributed by atoms with Crippen LogP contribution in [0.5, 0.6) is 0 Å². The van der Waals surface area contributed by atoms with Crippen molar-refractivity contribution < 1.29 is 9.53 Å². The third-order valence-corrected chi connectivity index (χ3v) is 2.82. The Bertz CT molecular complexity index is 324. The summed E-state index contributed by atoms with van der Waals surface area (Å²) in [6.07, 6.45) is 0.978. The average Bonchev–Trinajstić information content (AvgIpc) is 2.28. The molecule has 1 fully saturated rings. The third-order valence-electron chi connectivity index (χ3n) is 2.82. The largest absolute Gasteiger partial charge is 0.381 e. The van der Waals surface area contributed by atoms with Gasteiger partial charge in [0.2, 0.25) is 5.91 Å². The SMILES string of the molecule is C=C(C)CN(C)C(=O)C1(C#N)CCOCC1. The summed E-state index contributed by atoms with van der Waals surface area (Å²) < 4.78 is 5.20. The lowest BCUT2D eigenvalue weighted by Gasteiger charge is -2.33. The Kier molecular flexibility index (Phi) is 4.08. The van der Waals surface area contributed by atoms with Crippen LogP contribution in [-0.4, -0.2) is 37.6 Å². The second kappa shape index (κ2) is 5.13. The van der Waals surface area contributed by atoms with Crippen LogP contribution in [0.3, 0.4) is 0 Å². The summed E-state index contributed by atoms with van der Waals surface area (Å²) in [6.45, 7) is 7.11. The molecule has 0 radical (unpaired) electrons. The van der Waals surface area contributed by atoms with Crippen molar-refractivity contribution >= 4 is 5.91 Å². The molecule has 1 aliphatic heterocycles. The Balaban J connectivity index is 2.76. The number of carbonyl (C=O) groups excluding carboxylic acids is 1. The molecule has 1 amide bonds. The monoisotopic (exact) mass is 222 g/mol. The zero-order valence-corrected chi connectivity index (χ0v) is 9.95. The second-order valence-electron chi connectivity index (χ2n) is 4.42. The second-order valence-corrected chi connectivity index (χ2v) is 4.42. The average molecular weight is 222 g/mol. The van der Waals surface area contributed by atoms with Crippen LogP contribution in [0, 0.1) is 16.7 Å². The molecule has 1 aliphatic rings. The fourth-order valence-corrected chi connectivity index (χ4v) is 1.94. The van der Waals surface area contributed by atoms with Crippen LogP contribution in [0.2, 0.25) is 0 Å². The Morgan fingerprint density at radius 2 is 2.12 bits per heavy atom. The van der Waals surface area contributed by atoms with E-state index < -0.39 is 5.41 Å². The first-order valence-corrected chi connectivity index (χ1v) is 5.41. The number of nitriles is 1. The van der Waals surface area contributed by atoms with Crippen LogP contribution in [0.1, 0.15) is 19.8 Å². The lowest BCUT2D eigenvalue weighted by molar-refractivity contribution is -0.141. The molecular weight excluding hydrogens is 204 g/mol. The molecule has 0 N–H and O–H groups in total. The van der Waals surface area contributed by atoms with Crippen LogP contribution in [0.4, 0.5) is 0 Å². The Hall–Kier alpha value is -1.34. The highest BCUT2D eigenvalue weighted by Crippen LogP contribution is 2.31. The lowest BCUT2D eigenvalue weighted by atomic mass is 9.80. The number of hydrogen-bond acceptors (Lipinski definition) is 3. The van der Waals surface area contributed by atoms with Crippen molar-refractivity contribution in [1.82, 2.24) is 4.90 Å². The van der Waals surface area contributed by atoms with E-state index in [1.807, 2.05) is 6.92 Å². The summed E-state index contributed by atoms with van der Waals surface area (Å²) in [6, 6.07) is 2.17. The van der Waals surface area contributed by atoms with Crippen molar-refractivity contribution in [2.45, 2.75) is 19.8 Å². The number of ether oxygens (including phenoxy) is 1. The number of hydrogen-bond donors (Lipinski definition) is 0. The molecule has 0 aromatic rings. The summed E-state index contributed by atoms with van der Waals surface area (Å²) in [7, 11) is 1.71. The maximum atomic E-state index is 12.2. The number of amides is 1. The fourth-order valence-electron chi connectivity index (χ4n) is 1.94. The van der Waals surface area contributed by atoms with E-state index >= 15 is 0 Å². The minimum atomic E-state index is -0.886. The molecule has 88 valence electrons. The quantitative estimate of drug-likeness (QED) is 0.677. The first-order chi connectivity index (χ1) is 7.52. The van der Waals surface area contributed by atoms with Crippen molar-refractivity contribution in [2.75, 3.05) is 26.8 Å². The molecule has 0 atom stereocenters. The molecule has 0 aromatic carbocycles. The molecule has 0 aliphatic carbocycles. The fraction of sp³-hybridized carbons (Fsp3) is 0.667. The maximum absolute atomic E-state index is 12.2. The molecule has 16 heavy (non-hydrogen) atoms. The van der Waals surface area contributed by atoms with E-state index in [0.29, 0.717) is 32.6 Å². The third kappa shape index (κ3) is 2.61. The van der Waals surface area contributed by atoms with Gasteiger partial charge in [0.05, 0.1) is 6.07 Å². The highest BCUT2D eigenvalue weighted by Gasteiger charge is 2.42. The van der Waals surface area contributed by atoms with Crippen LogP contribution < -0.4 is 0 Å². The van der Waals surface area contributed by atoms with E-state index in [1.165, 1.54) is 0 Å². The van der Waals surface area contributed by atoms with E-state index in [2.05, 4.69) is 12.6 Å². The highest BCUT2D eigenvalue weighted by molar-refractivity contribution is 5.85. The van der Waals surface area contributed by atoms with Gasteiger partial charge in [0.25, 0.3) is 0 Å². The standard InChI is InChI=1S/C12H18N2O2/c1-10(2)8-14(3)11(15)12(9-13)4-6-16-7-5-12/h1,4-8H2,2-3H3. The van der Waals surface area contributed by atoms with Crippen molar-refractivity contribution in [3.05, 3.63) is 12.2 Å². The van der Waals surface area contributed by atoms with Crippen LogP contribution >= 0.6 is 0 Å². The van der Waals surface area contributed by atoms with E-state index in [9.17, 15) is 10.1 Å². The van der Waals surface area contributed by atoms with E-state index in [-0.39, 0.29) is 5.91 Å². The van der Waals surface area contributed by atoms with Gasteiger partial charge in [-0.15, -0.1) is 0 Å². The molecule has 0 bridgehead atoms. The zero-order chi connectivity index (χ0) is 12.2. The number of rotatable bonds is 3. The van der Waals surface area contributed by atoms with Gasteiger partial charge in [-0.05, 0) is 19.8 Å². The maximum Gasteiger partial charge on any atom is 0.243 e. The normalized spacial score (nSPS) is 18.6. The van der Waals surface area contributed by atoms with Gasteiger partial charge in [-0.25, -0.2) is 0 Å². The summed E-state index contributed by atoms with van der Waals surface area (Å²) in [5.74, 6) is -0.110. The molecule has 0 unspecified atom stereocenters. The smallest absolute Gasteiger partial charge is 0.243 e. The Labute approximate surface area is 96.5 Å². The molecular formula is C12H18N2O2. The van der Waals surface area contributed by atoms with Crippen molar-refractivity contribution in [3.8, 4) is 6.07 Å². The first kappa shape index (κ1) is 12.7.